The molecule has 0 aliphatic carbocycles. The summed E-state index contributed by atoms with van der Waals surface area (Å²) in [6.45, 7) is 2.58. The highest BCUT2D eigenvalue weighted by Gasteiger charge is 2.15. The van der Waals surface area contributed by atoms with E-state index < -0.39 is 0 Å². The van der Waals surface area contributed by atoms with Crippen molar-refractivity contribution in [3.8, 4) is 17.0 Å². The number of anilines is 1. The summed E-state index contributed by atoms with van der Waals surface area (Å²) >= 11 is 0. The Bertz CT molecular complexity index is 882. The fourth-order valence-corrected chi connectivity index (χ4v) is 2.56. The summed E-state index contributed by atoms with van der Waals surface area (Å²) in [6.07, 6.45) is 3.21. The third-order valence-corrected chi connectivity index (χ3v) is 3.81. The Morgan fingerprint density at radius 2 is 2.20 bits per heavy atom. The van der Waals surface area contributed by atoms with Crippen LogP contribution in [-0.2, 0) is 7.05 Å². The lowest BCUT2D eigenvalue weighted by molar-refractivity contribution is 0.102. The first-order valence-electron chi connectivity index (χ1n) is 7.91. The van der Waals surface area contributed by atoms with Gasteiger partial charge in [-0.3, -0.25) is 9.48 Å². The van der Waals surface area contributed by atoms with Gasteiger partial charge in [0.25, 0.3) is 5.91 Å². The molecule has 130 valence electrons. The van der Waals surface area contributed by atoms with E-state index in [0.29, 0.717) is 35.9 Å². The summed E-state index contributed by atoms with van der Waals surface area (Å²) in [7, 11) is 1.85. The van der Waals surface area contributed by atoms with Gasteiger partial charge >= 0.3 is 0 Å². The molecule has 1 aromatic carbocycles. The first kappa shape index (κ1) is 16.8. The molecule has 0 spiro atoms. The second-order valence-electron chi connectivity index (χ2n) is 5.53. The highest BCUT2D eigenvalue weighted by atomic mass is 16.5. The van der Waals surface area contributed by atoms with E-state index >= 15 is 0 Å². The number of benzene rings is 1. The number of hydrogen-bond donors (Lipinski definition) is 2. The predicted octanol–water partition coefficient (Wildman–Crippen LogP) is 2.58. The van der Waals surface area contributed by atoms with Gasteiger partial charge in [0, 0.05) is 31.0 Å². The van der Waals surface area contributed by atoms with E-state index in [-0.39, 0.29) is 5.91 Å². The van der Waals surface area contributed by atoms with E-state index in [0.717, 1.165) is 11.3 Å². The van der Waals surface area contributed by atoms with Gasteiger partial charge in [-0.1, -0.05) is 0 Å². The van der Waals surface area contributed by atoms with E-state index in [1.807, 2.05) is 25.2 Å². The molecular formula is C18H20N4O3. The average molecular weight is 340 g/mol. The zero-order valence-corrected chi connectivity index (χ0v) is 14.2. The van der Waals surface area contributed by atoms with Gasteiger partial charge in [-0.15, -0.1) is 0 Å². The molecule has 0 aliphatic heterocycles. The van der Waals surface area contributed by atoms with Crippen molar-refractivity contribution in [2.75, 3.05) is 18.5 Å². The molecule has 3 rings (SSSR count). The molecule has 0 aliphatic rings. The van der Waals surface area contributed by atoms with Crippen LogP contribution < -0.4 is 15.8 Å². The van der Waals surface area contributed by atoms with Crippen molar-refractivity contribution < 1.29 is 13.9 Å². The highest BCUT2D eigenvalue weighted by Crippen LogP contribution is 2.32. The minimum absolute atomic E-state index is 0.224. The van der Waals surface area contributed by atoms with Gasteiger partial charge in [0.15, 0.2) is 0 Å². The lowest BCUT2D eigenvalue weighted by Crippen LogP contribution is -2.13. The fourth-order valence-electron chi connectivity index (χ4n) is 2.56. The smallest absolute Gasteiger partial charge is 0.259 e. The lowest BCUT2D eigenvalue weighted by Gasteiger charge is -2.13. The van der Waals surface area contributed by atoms with Crippen LogP contribution in [0, 0.1) is 6.92 Å². The monoisotopic (exact) mass is 340 g/mol. The van der Waals surface area contributed by atoms with E-state index in [1.54, 1.807) is 29.9 Å². The van der Waals surface area contributed by atoms with Crippen molar-refractivity contribution in [1.29, 1.82) is 0 Å². The Kier molecular flexibility index (Phi) is 4.85. The Morgan fingerprint density at radius 1 is 1.36 bits per heavy atom. The Labute approximate surface area is 145 Å². The van der Waals surface area contributed by atoms with Crippen LogP contribution in [-0.4, -0.2) is 28.8 Å². The van der Waals surface area contributed by atoms with Gasteiger partial charge in [-0.25, -0.2) is 0 Å². The topological polar surface area (TPSA) is 95.3 Å². The molecule has 25 heavy (non-hydrogen) atoms. The van der Waals surface area contributed by atoms with Gasteiger partial charge in [-0.05, 0) is 37.3 Å². The average Bonchev–Trinajstić information content (AvgIpc) is 3.21. The summed E-state index contributed by atoms with van der Waals surface area (Å²) < 4.78 is 12.6. The largest absolute Gasteiger partial charge is 0.492 e. The maximum absolute atomic E-state index is 12.4. The van der Waals surface area contributed by atoms with Crippen LogP contribution in [0.3, 0.4) is 0 Å². The van der Waals surface area contributed by atoms with E-state index in [9.17, 15) is 4.79 Å². The maximum atomic E-state index is 12.4. The Morgan fingerprint density at radius 3 is 2.84 bits per heavy atom. The maximum Gasteiger partial charge on any atom is 0.259 e. The minimum atomic E-state index is -0.224. The van der Waals surface area contributed by atoms with Crippen molar-refractivity contribution in [3.05, 3.63) is 54.1 Å². The number of carbonyl (C=O) groups is 1. The lowest BCUT2D eigenvalue weighted by atomic mass is 10.1. The minimum Gasteiger partial charge on any atom is -0.492 e. The number of ether oxygens (including phenoxy) is 1. The summed E-state index contributed by atoms with van der Waals surface area (Å²) in [4.78, 5) is 12.4. The summed E-state index contributed by atoms with van der Waals surface area (Å²) in [6, 6.07) is 8.99. The first-order chi connectivity index (χ1) is 12.1. The second-order valence-corrected chi connectivity index (χ2v) is 5.53. The predicted molar refractivity (Wildman–Crippen MR) is 94.6 cm³/mol. The van der Waals surface area contributed by atoms with Gasteiger partial charge < -0.3 is 20.2 Å². The number of furan rings is 1. The van der Waals surface area contributed by atoms with Crippen molar-refractivity contribution in [2.24, 2.45) is 12.8 Å². The molecule has 0 saturated carbocycles. The standard InChI is InChI=1S/C18H20N4O3/c1-12-14(6-9-24-12)18(23)21-13-3-4-17(25-10-7-19)15(11-13)16-5-8-20-22(16)2/h3-6,8-9,11H,7,10,19H2,1-2H3,(H,21,23). The third kappa shape index (κ3) is 3.56. The number of amides is 1. The zero-order valence-electron chi connectivity index (χ0n) is 14.2. The molecular weight excluding hydrogens is 320 g/mol. The van der Waals surface area contributed by atoms with Crippen LogP contribution in [0.1, 0.15) is 16.1 Å². The van der Waals surface area contributed by atoms with Crippen LogP contribution in [0.5, 0.6) is 5.75 Å². The molecule has 3 N–H and O–H groups in total. The summed E-state index contributed by atoms with van der Waals surface area (Å²) in [5.74, 6) is 1.04. The van der Waals surface area contributed by atoms with Crippen LogP contribution >= 0.6 is 0 Å². The van der Waals surface area contributed by atoms with Gasteiger partial charge in [0.2, 0.25) is 0 Å². The molecule has 0 unspecified atom stereocenters. The quantitative estimate of drug-likeness (QED) is 0.719. The van der Waals surface area contributed by atoms with Crippen molar-refractivity contribution in [3.63, 3.8) is 0 Å². The number of aromatic nitrogens is 2. The van der Waals surface area contributed by atoms with Crippen LogP contribution in [0.4, 0.5) is 5.69 Å². The molecule has 3 aromatic rings. The third-order valence-electron chi connectivity index (χ3n) is 3.81. The second kappa shape index (κ2) is 7.23. The van der Waals surface area contributed by atoms with Gasteiger partial charge in [0.1, 0.15) is 18.1 Å². The molecule has 0 atom stereocenters. The molecule has 0 radical (unpaired) electrons. The summed E-state index contributed by atoms with van der Waals surface area (Å²) in [5.41, 5.74) is 8.40. The van der Waals surface area contributed by atoms with Crippen LogP contribution in [0.2, 0.25) is 0 Å². The number of nitrogens with two attached hydrogens (primary N) is 1. The molecule has 2 heterocycles. The first-order valence-corrected chi connectivity index (χ1v) is 7.91. The number of nitrogens with zero attached hydrogens (tertiary/aromatic N) is 2. The van der Waals surface area contributed by atoms with E-state index in [1.165, 1.54) is 6.26 Å². The van der Waals surface area contributed by atoms with Crippen LogP contribution in [0.15, 0.2) is 47.2 Å². The number of carbonyl (C=O) groups excluding carboxylic acids is 1. The Hall–Kier alpha value is -3.06. The summed E-state index contributed by atoms with van der Waals surface area (Å²) in [5, 5.41) is 7.08. The normalized spacial score (nSPS) is 10.7. The SMILES string of the molecule is Cc1occc1C(=O)Nc1ccc(OCCN)c(-c2ccnn2C)c1. The number of aryl methyl sites for hydroxylation is 2. The fraction of sp³-hybridized carbons (Fsp3) is 0.222. The van der Waals surface area contributed by atoms with Gasteiger partial charge in [-0.2, -0.15) is 5.10 Å². The number of nitrogens with one attached hydrogen (secondary N) is 1. The molecule has 0 fully saturated rings. The van der Waals surface area contributed by atoms with Gasteiger partial charge in [0.05, 0.1) is 17.5 Å². The molecule has 0 saturated heterocycles. The number of hydrogen-bond acceptors (Lipinski definition) is 5. The van der Waals surface area contributed by atoms with E-state index in [4.69, 9.17) is 14.9 Å². The van der Waals surface area contributed by atoms with Crippen LogP contribution in [0.25, 0.3) is 11.3 Å². The molecule has 1 amide bonds. The molecule has 7 nitrogen and oxygen atoms in total. The molecule has 7 heteroatoms. The van der Waals surface area contributed by atoms with E-state index in [2.05, 4.69) is 10.4 Å². The zero-order chi connectivity index (χ0) is 17.8. The van der Waals surface area contributed by atoms with Crippen molar-refractivity contribution >= 4 is 11.6 Å². The number of rotatable bonds is 6. The molecule has 0 bridgehead atoms. The molecule has 2 aromatic heterocycles. The van der Waals surface area contributed by atoms with Crippen molar-refractivity contribution in [2.45, 2.75) is 6.92 Å². The highest BCUT2D eigenvalue weighted by molar-refractivity contribution is 6.05. The Balaban J connectivity index is 1.92. The van der Waals surface area contributed by atoms with Crippen molar-refractivity contribution in [1.82, 2.24) is 9.78 Å².